The molecule has 0 aliphatic heterocycles. The molecule has 0 radical (unpaired) electrons. The van der Waals surface area contributed by atoms with Gasteiger partial charge in [0, 0.05) is 22.8 Å². The molecule has 1 aromatic carbocycles. The average molecular weight is 295 g/mol. The highest BCUT2D eigenvalue weighted by atomic mass is 35.5. The van der Waals surface area contributed by atoms with Crippen molar-refractivity contribution in [3.05, 3.63) is 29.3 Å². The molecule has 1 aliphatic rings. The first kappa shape index (κ1) is 15.7. The number of hydrogen-bond donors (Lipinski definition) is 2. The molecule has 2 unspecified atom stereocenters. The zero-order chi connectivity index (χ0) is 14.4. The summed E-state index contributed by atoms with van der Waals surface area (Å²) in [4.78, 5) is 0. The van der Waals surface area contributed by atoms with Crippen molar-refractivity contribution in [3.63, 3.8) is 0 Å². The number of hydrogen-bond acceptors (Lipinski definition) is 2. The van der Waals surface area contributed by atoms with Crippen LogP contribution >= 0.6 is 11.6 Å². The summed E-state index contributed by atoms with van der Waals surface area (Å²) in [7, 11) is 0. The van der Waals surface area contributed by atoms with Crippen LogP contribution in [-0.4, -0.2) is 12.1 Å². The zero-order valence-corrected chi connectivity index (χ0v) is 13.3. The van der Waals surface area contributed by atoms with Crippen molar-refractivity contribution < 1.29 is 0 Å². The van der Waals surface area contributed by atoms with Gasteiger partial charge >= 0.3 is 0 Å². The molecule has 1 saturated carbocycles. The molecule has 1 fully saturated rings. The van der Waals surface area contributed by atoms with Crippen LogP contribution in [0, 0.1) is 5.92 Å². The summed E-state index contributed by atoms with van der Waals surface area (Å²) in [6, 6.07) is 7.97. The average Bonchev–Trinajstić information content (AvgIpc) is 2.66. The van der Waals surface area contributed by atoms with Gasteiger partial charge in [-0.05, 0) is 49.4 Å². The minimum absolute atomic E-state index is 0.0658. The number of nitrogens with two attached hydrogens (primary N) is 1. The fourth-order valence-electron chi connectivity index (χ4n) is 3.40. The van der Waals surface area contributed by atoms with E-state index in [1.807, 2.05) is 24.3 Å². The maximum atomic E-state index is 6.12. The second-order valence-electron chi connectivity index (χ2n) is 6.20. The standard InChI is InChI=1S/C17H27ClN2/c1-2-4-14-5-3-11-17(13-19,12-10-14)20-16-8-6-15(18)7-9-16/h6-9,14,20H,2-5,10-13,19H2,1H3. The number of halogens is 1. The van der Waals surface area contributed by atoms with Gasteiger partial charge in [0.05, 0.1) is 0 Å². The summed E-state index contributed by atoms with van der Waals surface area (Å²) < 4.78 is 0. The van der Waals surface area contributed by atoms with Gasteiger partial charge in [-0.3, -0.25) is 0 Å². The Morgan fingerprint density at radius 1 is 1.25 bits per heavy atom. The third-order valence-corrected chi connectivity index (χ3v) is 4.89. The lowest BCUT2D eigenvalue weighted by Crippen LogP contribution is -2.45. The lowest BCUT2D eigenvalue weighted by molar-refractivity contribution is 0.390. The molecule has 112 valence electrons. The number of nitrogens with one attached hydrogen (secondary N) is 1. The van der Waals surface area contributed by atoms with Crippen LogP contribution in [0.3, 0.4) is 0 Å². The van der Waals surface area contributed by atoms with Crippen molar-refractivity contribution in [2.75, 3.05) is 11.9 Å². The van der Waals surface area contributed by atoms with Gasteiger partial charge in [0.25, 0.3) is 0 Å². The molecule has 2 nitrogen and oxygen atoms in total. The molecule has 1 aliphatic carbocycles. The van der Waals surface area contributed by atoms with Gasteiger partial charge in [-0.2, -0.15) is 0 Å². The van der Waals surface area contributed by atoms with Crippen molar-refractivity contribution in [2.24, 2.45) is 11.7 Å². The van der Waals surface area contributed by atoms with E-state index in [4.69, 9.17) is 17.3 Å². The first-order valence-electron chi connectivity index (χ1n) is 7.91. The summed E-state index contributed by atoms with van der Waals surface area (Å²) in [5.41, 5.74) is 7.32. The molecule has 0 amide bonds. The predicted octanol–water partition coefficient (Wildman–Crippen LogP) is 4.83. The quantitative estimate of drug-likeness (QED) is 0.763. The van der Waals surface area contributed by atoms with Gasteiger partial charge in [-0.25, -0.2) is 0 Å². The largest absolute Gasteiger partial charge is 0.378 e. The summed E-state index contributed by atoms with van der Waals surface area (Å²) in [6.07, 6.45) is 8.95. The lowest BCUT2D eigenvalue weighted by atomic mass is 9.88. The Kier molecular flexibility index (Phi) is 5.74. The third-order valence-electron chi connectivity index (χ3n) is 4.64. The van der Waals surface area contributed by atoms with E-state index in [0.29, 0.717) is 6.54 Å². The Labute approximate surface area is 128 Å². The van der Waals surface area contributed by atoms with Crippen molar-refractivity contribution in [3.8, 4) is 0 Å². The Balaban J connectivity index is 2.03. The normalized spacial score (nSPS) is 27.1. The van der Waals surface area contributed by atoms with Crippen LogP contribution in [-0.2, 0) is 0 Å². The summed E-state index contributed by atoms with van der Waals surface area (Å²) in [5, 5.41) is 4.47. The maximum absolute atomic E-state index is 6.12. The van der Waals surface area contributed by atoms with E-state index in [1.165, 1.54) is 44.9 Å². The van der Waals surface area contributed by atoms with E-state index in [9.17, 15) is 0 Å². The van der Waals surface area contributed by atoms with E-state index in [2.05, 4.69) is 12.2 Å². The lowest BCUT2D eigenvalue weighted by Gasteiger charge is -2.34. The molecule has 20 heavy (non-hydrogen) atoms. The minimum Gasteiger partial charge on any atom is -0.378 e. The zero-order valence-electron chi connectivity index (χ0n) is 12.5. The fourth-order valence-corrected chi connectivity index (χ4v) is 3.52. The highest BCUT2D eigenvalue weighted by molar-refractivity contribution is 6.30. The number of benzene rings is 1. The second kappa shape index (κ2) is 7.33. The van der Waals surface area contributed by atoms with Crippen LogP contribution in [0.15, 0.2) is 24.3 Å². The van der Waals surface area contributed by atoms with Crippen molar-refractivity contribution in [1.82, 2.24) is 0 Å². The molecule has 3 N–H and O–H groups in total. The molecule has 0 bridgehead atoms. The SMILES string of the molecule is CCCC1CCCC(CN)(Nc2ccc(Cl)cc2)CC1. The van der Waals surface area contributed by atoms with Gasteiger partial charge in [0.15, 0.2) is 0 Å². The van der Waals surface area contributed by atoms with Gasteiger partial charge < -0.3 is 11.1 Å². The van der Waals surface area contributed by atoms with E-state index < -0.39 is 0 Å². The molecule has 0 spiro atoms. The molecule has 0 saturated heterocycles. The van der Waals surface area contributed by atoms with Crippen LogP contribution in [0.5, 0.6) is 0 Å². The van der Waals surface area contributed by atoms with Crippen LogP contribution in [0.25, 0.3) is 0 Å². The highest BCUT2D eigenvalue weighted by Gasteiger charge is 2.31. The topological polar surface area (TPSA) is 38.0 Å². The Morgan fingerprint density at radius 2 is 2.00 bits per heavy atom. The van der Waals surface area contributed by atoms with Gasteiger partial charge in [0.2, 0.25) is 0 Å². The molecule has 2 rings (SSSR count). The smallest absolute Gasteiger partial charge is 0.0495 e. The van der Waals surface area contributed by atoms with Gasteiger partial charge in [-0.1, -0.05) is 44.2 Å². The Hall–Kier alpha value is -0.730. The van der Waals surface area contributed by atoms with E-state index in [0.717, 1.165) is 16.6 Å². The van der Waals surface area contributed by atoms with E-state index in [1.54, 1.807) is 0 Å². The van der Waals surface area contributed by atoms with Crippen LogP contribution in [0.2, 0.25) is 5.02 Å². The molecule has 3 heteroatoms. The molecule has 0 aromatic heterocycles. The predicted molar refractivity (Wildman–Crippen MR) is 88.3 cm³/mol. The molecule has 2 atom stereocenters. The first-order chi connectivity index (χ1) is 9.67. The van der Waals surface area contributed by atoms with Crippen molar-refractivity contribution >= 4 is 17.3 Å². The van der Waals surface area contributed by atoms with Crippen molar-refractivity contribution in [2.45, 2.75) is 57.4 Å². The van der Waals surface area contributed by atoms with Crippen LogP contribution in [0.1, 0.15) is 51.9 Å². The van der Waals surface area contributed by atoms with Crippen molar-refractivity contribution in [1.29, 1.82) is 0 Å². The maximum Gasteiger partial charge on any atom is 0.0495 e. The van der Waals surface area contributed by atoms with Gasteiger partial charge in [-0.15, -0.1) is 0 Å². The number of anilines is 1. The van der Waals surface area contributed by atoms with Crippen LogP contribution in [0.4, 0.5) is 5.69 Å². The third kappa shape index (κ3) is 4.13. The minimum atomic E-state index is 0.0658. The highest BCUT2D eigenvalue weighted by Crippen LogP contribution is 2.34. The molecule has 1 aromatic rings. The summed E-state index contributed by atoms with van der Waals surface area (Å²) >= 11 is 5.95. The molecular weight excluding hydrogens is 268 g/mol. The second-order valence-corrected chi connectivity index (χ2v) is 6.64. The summed E-state index contributed by atoms with van der Waals surface area (Å²) in [5.74, 6) is 0.889. The first-order valence-corrected chi connectivity index (χ1v) is 8.29. The Morgan fingerprint density at radius 3 is 2.65 bits per heavy atom. The molecular formula is C17H27ClN2. The van der Waals surface area contributed by atoms with E-state index >= 15 is 0 Å². The van der Waals surface area contributed by atoms with E-state index in [-0.39, 0.29) is 5.54 Å². The number of rotatable bonds is 5. The van der Waals surface area contributed by atoms with Gasteiger partial charge in [0.1, 0.15) is 0 Å². The monoisotopic (exact) mass is 294 g/mol. The molecule has 0 heterocycles. The fraction of sp³-hybridized carbons (Fsp3) is 0.647. The summed E-state index contributed by atoms with van der Waals surface area (Å²) in [6.45, 7) is 2.99. The Bertz CT molecular complexity index is 404. The van der Waals surface area contributed by atoms with Crippen LogP contribution < -0.4 is 11.1 Å².